The molecule has 0 unspecified atom stereocenters. The minimum Gasteiger partial charge on any atom is -0.376 e. The van der Waals surface area contributed by atoms with Crippen LogP contribution in [0.4, 0.5) is 0 Å². The molecule has 2 heterocycles. The van der Waals surface area contributed by atoms with Gasteiger partial charge in [-0.3, -0.25) is 0 Å². The number of methoxy groups -OCH3 is 2. The van der Waals surface area contributed by atoms with Gasteiger partial charge in [-0.2, -0.15) is 0 Å². The molecule has 0 aromatic heterocycles. The van der Waals surface area contributed by atoms with Gasteiger partial charge in [0.15, 0.2) is 0 Å². The van der Waals surface area contributed by atoms with Crippen LogP contribution in [0.25, 0.3) is 0 Å². The minimum atomic E-state index is 0.0694. The van der Waals surface area contributed by atoms with Crippen LogP contribution < -0.4 is 0 Å². The van der Waals surface area contributed by atoms with Gasteiger partial charge >= 0.3 is 0 Å². The van der Waals surface area contributed by atoms with Crippen molar-refractivity contribution in [2.45, 2.75) is 24.4 Å². The summed E-state index contributed by atoms with van der Waals surface area (Å²) in [6.07, 6.45) is 0.296. The van der Waals surface area contributed by atoms with Crippen molar-refractivity contribution in [3.63, 3.8) is 0 Å². The first-order valence-corrected chi connectivity index (χ1v) is 4.15. The second-order valence-electron chi connectivity index (χ2n) is 3.14. The van der Waals surface area contributed by atoms with Crippen LogP contribution in [0.15, 0.2) is 0 Å². The molecule has 2 aliphatic rings. The summed E-state index contributed by atoms with van der Waals surface area (Å²) in [6, 6.07) is 0. The molecule has 0 radical (unpaired) electrons. The van der Waals surface area contributed by atoms with Gasteiger partial charge in [-0.1, -0.05) is 0 Å². The Hall–Kier alpha value is -0.160. The topological polar surface area (TPSA) is 36.9 Å². The lowest BCUT2D eigenvalue weighted by Crippen LogP contribution is -2.32. The molecule has 0 bridgehead atoms. The maximum Gasteiger partial charge on any atom is 0.115 e. The molecule has 70 valence electrons. The summed E-state index contributed by atoms with van der Waals surface area (Å²) in [5.41, 5.74) is 0. The average molecular weight is 174 g/mol. The lowest BCUT2D eigenvalue weighted by Gasteiger charge is -2.14. The first-order chi connectivity index (χ1) is 5.86. The first-order valence-electron chi connectivity index (χ1n) is 4.15. The summed E-state index contributed by atoms with van der Waals surface area (Å²) in [4.78, 5) is 0. The number of ether oxygens (including phenoxy) is 4. The van der Waals surface area contributed by atoms with E-state index in [0.717, 1.165) is 0 Å². The predicted molar refractivity (Wildman–Crippen MR) is 41.1 cm³/mol. The molecule has 0 amide bonds. The third kappa shape index (κ3) is 1.15. The van der Waals surface area contributed by atoms with E-state index in [4.69, 9.17) is 18.9 Å². The molecular weight excluding hydrogens is 160 g/mol. The summed E-state index contributed by atoms with van der Waals surface area (Å²) in [5.74, 6) is 0. The Bertz CT molecular complexity index is 143. The average Bonchev–Trinajstić information content (AvgIpc) is 2.62. The molecule has 2 rings (SSSR count). The van der Waals surface area contributed by atoms with Gasteiger partial charge in [0.25, 0.3) is 0 Å². The van der Waals surface area contributed by atoms with Crippen LogP contribution in [0.1, 0.15) is 0 Å². The van der Waals surface area contributed by atoms with E-state index in [-0.39, 0.29) is 24.4 Å². The third-order valence-corrected chi connectivity index (χ3v) is 2.57. The second-order valence-corrected chi connectivity index (χ2v) is 3.14. The Morgan fingerprint density at radius 2 is 1.33 bits per heavy atom. The lowest BCUT2D eigenvalue weighted by atomic mass is 10.1. The quantitative estimate of drug-likeness (QED) is 0.581. The SMILES string of the molecule is CO[C@H]1CO[C@@H]2[C@@H]1OC[C@H]2OC. The predicted octanol–water partition coefficient (Wildman–Crippen LogP) is -0.186. The smallest absolute Gasteiger partial charge is 0.115 e. The van der Waals surface area contributed by atoms with Crippen LogP contribution in [-0.2, 0) is 18.9 Å². The summed E-state index contributed by atoms with van der Waals surface area (Å²) < 4.78 is 21.4. The fraction of sp³-hybridized carbons (Fsp3) is 1.00. The van der Waals surface area contributed by atoms with Crippen molar-refractivity contribution in [2.24, 2.45) is 0 Å². The molecule has 2 aliphatic heterocycles. The molecule has 2 saturated heterocycles. The van der Waals surface area contributed by atoms with Crippen molar-refractivity contribution >= 4 is 0 Å². The van der Waals surface area contributed by atoms with Crippen LogP contribution in [0.2, 0.25) is 0 Å². The summed E-state index contributed by atoms with van der Waals surface area (Å²) in [7, 11) is 3.36. The zero-order valence-corrected chi connectivity index (χ0v) is 7.36. The molecule has 0 aliphatic carbocycles. The summed E-state index contributed by atoms with van der Waals surface area (Å²) in [6.45, 7) is 1.23. The van der Waals surface area contributed by atoms with Crippen molar-refractivity contribution in [2.75, 3.05) is 27.4 Å². The van der Waals surface area contributed by atoms with Crippen molar-refractivity contribution in [3.05, 3.63) is 0 Å². The fourth-order valence-electron chi connectivity index (χ4n) is 1.83. The van der Waals surface area contributed by atoms with Gasteiger partial charge in [0, 0.05) is 14.2 Å². The Kier molecular flexibility index (Phi) is 2.32. The lowest BCUT2D eigenvalue weighted by molar-refractivity contribution is -0.0267. The molecule has 4 heteroatoms. The summed E-state index contributed by atoms with van der Waals surface area (Å²) in [5, 5.41) is 0. The van der Waals surface area contributed by atoms with E-state index in [1.165, 1.54) is 0 Å². The Labute approximate surface area is 71.7 Å². The van der Waals surface area contributed by atoms with Gasteiger partial charge < -0.3 is 18.9 Å². The highest BCUT2D eigenvalue weighted by Gasteiger charge is 2.48. The van der Waals surface area contributed by atoms with E-state index in [9.17, 15) is 0 Å². The van der Waals surface area contributed by atoms with Crippen LogP contribution in [-0.4, -0.2) is 51.8 Å². The maximum absolute atomic E-state index is 5.51. The molecule has 0 N–H and O–H groups in total. The van der Waals surface area contributed by atoms with E-state index < -0.39 is 0 Å². The monoisotopic (exact) mass is 174 g/mol. The van der Waals surface area contributed by atoms with Gasteiger partial charge in [0.1, 0.15) is 24.4 Å². The number of hydrogen-bond donors (Lipinski definition) is 0. The molecule has 0 saturated carbocycles. The van der Waals surface area contributed by atoms with E-state index in [2.05, 4.69) is 0 Å². The summed E-state index contributed by atoms with van der Waals surface area (Å²) >= 11 is 0. The van der Waals surface area contributed by atoms with E-state index in [0.29, 0.717) is 13.2 Å². The van der Waals surface area contributed by atoms with Crippen LogP contribution in [0, 0.1) is 0 Å². The zero-order chi connectivity index (χ0) is 8.55. The van der Waals surface area contributed by atoms with E-state index in [1.54, 1.807) is 14.2 Å². The number of hydrogen-bond acceptors (Lipinski definition) is 4. The molecule has 0 spiro atoms. The zero-order valence-electron chi connectivity index (χ0n) is 7.36. The van der Waals surface area contributed by atoms with Gasteiger partial charge in [-0.15, -0.1) is 0 Å². The highest BCUT2D eigenvalue weighted by atomic mass is 16.6. The minimum absolute atomic E-state index is 0.0694. The standard InChI is InChI=1S/C8H14O4/c1-9-5-3-11-8-6(10-2)4-12-7(5)8/h5-8H,3-4H2,1-2H3/t5-,6+,7+,8-. The van der Waals surface area contributed by atoms with Crippen LogP contribution in [0.3, 0.4) is 0 Å². The normalized spacial score (nSPS) is 46.5. The van der Waals surface area contributed by atoms with Crippen molar-refractivity contribution < 1.29 is 18.9 Å². The Morgan fingerprint density at radius 1 is 0.917 bits per heavy atom. The molecular formula is C8H14O4. The van der Waals surface area contributed by atoms with Gasteiger partial charge in [-0.05, 0) is 0 Å². The van der Waals surface area contributed by atoms with E-state index in [1.807, 2.05) is 0 Å². The maximum atomic E-state index is 5.51. The van der Waals surface area contributed by atoms with Gasteiger partial charge in [0.05, 0.1) is 13.2 Å². The third-order valence-electron chi connectivity index (χ3n) is 2.57. The fourth-order valence-corrected chi connectivity index (χ4v) is 1.83. The Balaban J connectivity index is 2.01. The molecule has 12 heavy (non-hydrogen) atoms. The largest absolute Gasteiger partial charge is 0.376 e. The second kappa shape index (κ2) is 3.30. The highest BCUT2D eigenvalue weighted by Crippen LogP contribution is 2.29. The van der Waals surface area contributed by atoms with Crippen molar-refractivity contribution in [1.82, 2.24) is 0 Å². The van der Waals surface area contributed by atoms with E-state index >= 15 is 0 Å². The van der Waals surface area contributed by atoms with Crippen LogP contribution in [0.5, 0.6) is 0 Å². The molecule has 0 aromatic rings. The first kappa shape index (κ1) is 8.44. The molecule has 4 nitrogen and oxygen atoms in total. The van der Waals surface area contributed by atoms with Gasteiger partial charge in [-0.25, -0.2) is 0 Å². The highest BCUT2D eigenvalue weighted by molar-refractivity contribution is 4.95. The number of rotatable bonds is 2. The molecule has 4 atom stereocenters. The van der Waals surface area contributed by atoms with Crippen molar-refractivity contribution in [3.8, 4) is 0 Å². The van der Waals surface area contributed by atoms with Crippen molar-refractivity contribution in [1.29, 1.82) is 0 Å². The van der Waals surface area contributed by atoms with Gasteiger partial charge in [0.2, 0.25) is 0 Å². The number of fused-ring (bicyclic) bond motifs is 1. The Morgan fingerprint density at radius 3 is 1.67 bits per heavy atom. The molecule has 2 fully saturated rings. The van der Waals surface area contributed by atoms with Crippen LogP contribution >= 0.6 is 0 Å². The molecule has 0 aromatic carbocycles.